The zero-order valence-electron chi connectivity index (χ0n) is 16.2. The van der Waals surface area contributed by atoms with Gasteiger partial charge in [-0.15, -0.1) is 0 Å². The van der Waals surface area contributed by atoms with Crippen LogP contribution in [-0.2, 0) is 14.4 Å². The molecule has 2 fully saturated rings. The lowest BCUT2D eigenvalue weighted by molar-refractivity contribution is -0.135. The van der Waals surface area contributed by atoms with Crippen LogP contribution in [0, 0.1) is 0 Å². The van der Waals surface area contributed by atoms with Gasteiger partial charge in [0.1, 0.15) is 6.54 Å². The van der Waals surface area contributed by atoms with E-state index in [1.807, 2.05) is 0 Å². The van der Waals surface area contributed by atoms with E-state index in [2.05, 4.69) is 0 Å². The Morgan fingerprint density at radius 3 is 2.60 bits per heavy atom. The molecule has 2 heterocycles. The first kappa shape index (κ1) is 22.0. The predicted octanol–water partition coefficient (Wildman–Crippen LogP) is 1.87. The number of rotatable bonds is 7. The number of halogens is 1. The number of nitrogens with zero attached hydrogens (tertiary/aromatic N) is 2. The molecule has 2 N–H and O–H groups in total. The van der Waals surface area contributed by atoms with Crippen molar-refractivity contribution in [1.29, 1.82) is 0 Å². The molecule has 30 heavy (non-hydrogen) atoms. The number of ether oxygens (including phenoxy) is 2. The molecule has 0 unspecified atom stereocenters. The van der Waals surface area contributed by atoms with E-state index < -0.39 is 17.1 Å². The third kappa shape index (κ3) is 4.88. The third-order valence-corrected chi connectivity index (χ3v) is 5.72. The summed E-state index contributed by atoms with van der Waals surface area (Å²) in [4.78, 5) is 50.9. The molecule has 1 aromatic carbocycles. The van der Waals surface area contributed by atoms with Gasteiger partial charge >= 0.3 is 0 Å². The minimum Gasteiger partial charge on any atom is -0.493 e. The fourth-order valence-electron chi connectivity index (χ4n) is 3.10. The standard InChI is InChI=1S/C19H20ClN3O6S/c1-28-13-7-11(6-12(20)17(13)29-10-15(21)24)8-14-18(26)23(19(27)30-14)9-16(25)22-4-2-3-5-22/h6-8H,2-5,9-10H2,1H3,(H2,21,24)/b14-8-. The van der Waals surface area contributed by atoms with Gasteiger partial charge in [0.05, 0.1) is 17.0 Å². The summed E-state index contributed by atoms with van der Waals surface area (Å²) in [6.07, 6.45) is 3.34. The second-order valence-electron chi connectivity index (χ2n) is 6.64. The maximum Gasteiger partial charge on any atom is 0.294 e. The normalized spacial score (nSPS) is 17.7. The molecule has 1 aromatic rings. The molecule has 0 aliphatic carbocycles. The molecule has 3 rings (SSSR count). The summed E-state index contributed by atoms with van der Waals surface area (Å²) in [6.45, 7) is 0.645. The van der Waals surface area contributed by atoms with Crippen molar-refractivity contribution in [3.8, 4) is 11.5 Å². The first-order valence-corrected chi connectivity index (χ1v) is 10.3. The van der Waals surface area contributed by atoms with Crippen molar-refractivity contribution in [3.63, 3.8) is 0 Å². The van der Waals surface area contributed by atoms with Crippen LogP contribution in [0.5, 0.6) is 11.5 Å². The Balaban J connectivity index is 1.78. The minimum absolute atomic E-state index is 0.138. The number of thioether (sulfide) groups is 1. The Morgan fingerprint density at radius 2 is 1.97 bits per heavy atom. The number of amides is 4. The van der Waals surface area contributed by atoms with E-state index in [0.29, 0.717) is 18.7 Å². The first-order valence-electron chi connectivity index (χ1n) is 9.12. The molecule has 9 nitrogen and oxygen atoms in total. The summed E-state index contributed by atoms with van der Waals surface area (Å²) in [5.74, 6) is -1.08. The number of nitrogens with two attached hydrogens (primary N) is 1. The lowest BCUT2D eigenvalue weighted by Crippen LogP contribution is -2.40. The average molecular weight is 454 g/mol. The van der Waals surface area contributed by atoms with Crippen LogP contribution in [0.2, 0.25) is 5.02 Å². The first-order chi connectivity index (χ1) is 14.3. The Hall–Kier alpha value is -2.72. The third-order valence-electron chi connectivity index (χ3n) is 4.53. The Kier molecular flexibility index (Phi) is 6.88. The number of primary amides is 1. The topological polar surface area (TPSA) is 119 Å². The van der Waals surface area contributed by atoms with E-state index in [1.54, 1.807) is 11.0 Å². The van der Waals surface area contributed by atoms with Gasteiger partial charge in [-0.1, -0.05) is 11.6 Å². The number of benzene rings is 1. The maximum atomic E-state index is 12.7. The molecule has 4 amide bonds. The van der Waals surface area contributed by atoms with Crippen LogP contribution < -0.4 is 15.2 Å². The fraction of sp³-hybridized carbons (Fsp3) is 0.368. The number of carbonyl (C=O) groups excluding carboxylic acids is 4. The smallest absolute Gasteiger partial charge is 0.294 e. The van der Waals surface area contributed by atoms with Crippen LogP contribution >= 0.6 is 23.4 Å². The van der Waals surface area contributed by atoms with Crippen LogP contribution in [-0.4, -0.2) is 66.1 Å². The highest BCUT2D eigenvalue weighted by Gasteiger charge is 2.37. The van der Waals surface area contributed by atoms with Crippen molar-refractivity contribution < 1.29 is 28.7 Å². The zero-order valence-corrected chi connectivity index (χ0v) is 17.8. The SMILES string of the molecule is COc1cc(/C=C2\SC(=O)N(CC(=O)N3CCCC3)C2=O)cc(Cl)c1OCC(N)=O. The minimum atomic E-state index is -0.672. The van der Waals surface area contributed by atoms with Crippen LogP contribution in [0.15, 0.2) is 17.0 Å². The van der Waals surface area contributed by atoms with Gasteiger partial charge in [0, 0.05) is 13.1 Å². The maximum absolute atomic E-state index is 12.7. The Labute approximate surface area is 182 Å². The number of hydrogen-bond acceptors (Lipinski definition) is 7. The lowest BCUT2D eigenvalue weighted by Gasteiger charge is -2.18. The van der Waals surface area contributed by atoms with Gasteiger partial charge < -0.3 is 20.1 Å². The van der Waals surface area contributed by atoms with Crippen LogP contribution in [0.3, 0.4) is 0 Å². The van der Waals surface area contributed by atoms with Gasteiger partial charge in [0.25, 0.3) is 17.1 Å². The van der Waals surface area contributed by atoms with Gasteiger partial charge in [0.15, 0.2) is 18.1 Å². The zero-order chi connectivity index (χ0) is 21.8. The monoisotopic (exact) mass is 453 g/mol. The predicted molar refractivity (Wildman–Crippen MR) is 111 cm³/mol. The van der Waals surface area contributed by atoms with Gasteiger partial charge in [-0.05, 0) is 48.4 Å². The molecular weight excluding hydrogens is 434 g/mol. The van der Waals surface area contributed by atoms with E-state index in [0.717, 1.165) is 29.5 Å². The summed E-state index contributed by atoms with van der Waals surface area (Å²) >= 11 is 6.96. The number of hydrogen-bond donors (Lipinski definition) is 1. The largest absolute Gasteiger partial charge is 0.493 e. The van der Waals surface area contributed by atoms with Crippen molar-refractivity contribution in [3.05, 3.63) is 27.6 Å². The van der Waals surface area contributed by atoms with Gasteiger partial charge in [-0.2, -0.15) is 0 Å². The van der Waals surface area contributed by atoms with Crippen LogP contribution in [0.1, 0.15) is 18.4 Å². The molecule has 0 saturated carbocycles. The molecule has 2 aliphatic heterocycles. The van der Waals surface area contributed by atoms with Crippen molar-refractivity contribution in [1.82, 2.24) is 9.80 Å². The van der Waals surface area contributed by atoms with Crippen LogP contribution in [0.4, 0.5) is 4.79 Å². The molecular formula is C19H20ClN3O6S. The second kappa shape index (κ2) is 9.40. The molecule has 0 aromatic heterocycles. The second-order valence-corrected chi connectivity index (χ2v) is 8.05. The number of imide groups is 1. The van der Waals surface area contributed by atoms with Crippen molar-refractivity contribution in [2.45, 2.75) is 12.8 Å². The molecule has 0 radical (unpaired) electrons. The van der Waals surface area contributed by atoms with E-state index in [1.165, 1.54) is 19.3 Å². The summed E-state index contributed by atoms with van der Waals surface area (Å²) in [6, 6.07) is 3.05. The Bertz CT molecular complexity index is 929. The molecule has 2 aliphatic rings. The molecule has 0 spiro atoms. The van der Waals surface area contributed by atoms with Crippen LogP contribution in [0.25, 0.3) is 6.08 Å². The van der Waals surface area contributed by atoms with Gasteiger partial charge in [-0.25, -0.2) is 0 Å². The molecule has 11 heteroatoms. The number of methoxy groups -OCH3 is 1. The summed E-state index contributed by atoms with van der Waals surface area (Å²) in [5.41, 5.74) is 5.56. The highest BCUT2D eigenvalue weighted by molar-refractivity contribution is 8.18. The van der Waals surface area contributed by atoms with E-state index in [4.69, 9.17) is 26.8 Å². The lowest BCUT2D eigenvalue weighted by atomic mass is 10.1. The van der Waals surface area contributed by atoms with Crippen molar-refractivity contribution >= 4 is 52.4 Å². The van der Waals surface area contributed by atoms with Crippen molar-refractivity contribution in [2.75, 3.05) is 33.4 Å². The molecule has 0 atom stereocenters. The summed E-state index contributed by atoms with van der Waals surface area (Å²) < 4.78 is 10.5. The molecule has 2 saturated heterocycles. The van der Waals surface area contributed by atoms with Gasteiger partial charge in [-0.3, -0.25) is 24.1 Å². The molecule has 160 valence electrons. The average Bonchev–Trinajstić information content (AvgIpc) is 3.31. The van der Waals surface area contributed by atoms with E-state index in [-0.39, 0.29) is 40.5 Å². The van der Waals surface area contributed by atoms with E-state index >= 15 is 0 Å². The van der Waals surface area contributed by atoms with Crippen molar-refractivity contribution in [2.24, 2.45) is 5.73 Å². The number of carbonyl (C=O) groups is 4. The highest BCUT2D eigenvalue weighted by Crippen LogP contribution is 2.39. The highest BCUT2D eigenvalue weighted by atomic mass is 35.5. The summed E-state index contributed by atoms with van der Waals surface area (Å²) in [7, 11) is 1.39. The molecule has 0 bridgehead atoms. The summed E-state index contributed by atoms with van der Waals surface area (Å²) in [5, 5.41) is -0.358. The Morgan fingerprint density at radius 1 is 1.27 bits per heavy atom. The number of likely N-dealkylation sites (tertiary alicyclic amines) is 1. The van der Waals surface area contributed by atoms with Gasteiger partial charge in [0.2, 0.25) is 5.91 Å². The van der Waals surface area contributed by atoms with E-state index in [9.17, 15) is 19.2 Å². The quantitative estimate of drug-likeness (QED) is 0.626. The fourth-order valence-corrected chi connectivity index (χ4v) is 4.21.